The summed E-state index contributed by atoms with van der Waals surface area (Å²) in [5.41, 5.74) is -0.242. The number of aliphatic hydroxyl groups excluding tert-OH is 1. The molecule has 16 nitrogen and oxygen atoms in total. The molecule has 2 bridgehead atoms. The molecule has 3 saturated heterocycles. The standard InChI is InChI=1S/C41H60FN5O11S/c1-11-29-41(8,52)35-23(4)31(48)21(2)16-39(6,54-19-25(18-53-35)46-55-20-26-17-44-36(59-26)27-13-12-14-30(43)45-27)34(24(5)33(50)40(7,42)38(51)57-29)58-37-32(49)28(47(9)10)15-22(3)56-37/h12-14,17,21-24,28-29,32,34-35,37,49,52H,11,15-16,18-20H2,1-10H3,(H2,43,45)/b46-25+/t21?,22-,23+,24+,28+,29-,32-,34-,35+,37+,39-,40+,41-/m1/s1. The molecule has 0 radical (unpaired) electrons. The van der Waals surface area contributed by atoms with E-state index in [-0.39, 0.29) is 50.3 Å². The molecule has 2 aromatic heterocycles. The lowest BCUT2D eigenvalue weighted by Gasteiger charge is -2.47. The van der Waals surface area contributed by atoms with Crippen LogP contribution in [0.25, 0.3) is 10.7 Å². The van der Waals surface area contributed by atoms with Gasteiger partial charge in [-0.3, -0.25) is 9.59 Å². The predicted molar refractivity (Wildman–Crippen MR) is 216 cm³/mol. The summed E-state index contributed by atoms with van der Waals surface area (Å²) in [7, 11) is 3.62. The maximum atomic E-state index is 16.8. The second kappa shape index (κ2) is 18.6. The molecule has 59 heavy (non-hydrogen) atoms. The lowest BCUT2D eigenvalue weighted by atomic mass is 9.74. The summed E-state index contributed by atoms with van der Waals surface area (Å²) >= 11 is 1.33. The Morgan fingerprint density at radius 2 is 1.81 bits per heavy atom. The maximum Gasteiger partial charge on any atom is 0.351 e. The highest BCUT2D eigenvalue weighted by Gasteiger charge is 2.57. The Kier molecular flexibility index (Phi) is 14.7. The van der Waals surface area contributed by atoms with Crippen LogP contribution < -0.4 is 5.73 Å². The van der Waals surface area contributed by atoms with Gasteiger partial charge in [-0.05, 0) is 73.2 Å². The molecular formula is C41H60FN5O11S. The van der Waals surface area contributed by atoms with Gasteiger partial charge in [-0.25, -0.2) is 19.2 Å². The van der Waals surface area contributed by atoms with Crippen molar-refractivity contribution in [2.45, 2.75) is 141 Å². The van der Waals surface area contributed by atoms with Crippen molar-refractivity contribution in [1.29, 1.82) is 0 Å². The molecule has 1 unspecified atom stereocenters. The molecule has 0 spiro atoms. The topological polar surface area (TPSA) is 214 Å². The summed E-state index contributed by atoms with van der Waals surface area (Å²) in [5, 5.41) is 28.7. The van der Waals surface area contributed by atoms with Gasteiger partial charge in [0.2, 0.25) is 0 Å². The fourth-order valence-electron chi connectivity index (χ4n) is 8.46. The van der Waals surface area contributed by atoms with Crippen LogP contribution in [-0.4, -0.2) is 135 Å². The average Bonchev–Trinajstić information content (AvgIpc) is 3.65. The Labute approximate surface area is 348 Å². The molecule has 3 fully saturated rings. The first-order valence-corrected chi connectivity index (χ1v) is 20.9. The first-order chi connectivity index (χ1) is 27.6. The molecule has 13 atom stereocenters. The van der Waals surface area contributed by atoms with Crippen LogP contribution in [0.1, 0.15) is 79.5 Å². The fourth-order valence-corrected chi connectivity index (χ4v) is 9.25. The van der Waals surface area contributed by atoms with E-state index in [1.165, 1.54) is 25.2 Å². The van der Waals surface area contributed by atoms with Gasteiger partial charge in [0.1, 0.15) is 45.8 Å². The van der Waals surface area contributed by atoms with Crippen LogP contribution in [0.2, 0.25) is 0 Å². The molecule has 3 aliphatic rings. The van der Waals surface area contributed by atoms with Crippen LogP contribution in [0.5, 0.6) is 0 Å². The Morgan fingerprint density at radius 1 is 1.10 bits per heavy atom. The van der Waals surface area contributed by atoms with Gasteiger partial charge >= 0.3 is 5.97 Å². The van der Waals surface area contributed by atoms with Crippen molar-refractivity contribution in [1.82, 2.24) is 14.9 Å². The number of rotatable bonds is 8. The van der Waals surface area contributed by atoms with Gasteiger partial charge in [0.15, 0.2) is 18.7 Å². The van der Waals surface area contributed by atoms with E-state index in [0.717, 1.165) is 6.92 Å². The van der Waals surface area contributed by atoms with Crippen molar-refractivity contribution in [2.75, 3.05) is 33.0 Å². The first kappa shape index (κ1) is 46.6. The number of aliphatic hydroxyl groups is 2. The largest absolute Gasteiger partial charge is 0.457 e. The number of hydrogen-bond acceptors (Lipinski definition) is 17. The molecule has 0 saturated carbocycles. The van der Waals surface area contributed by atoms with Crippen LogP contribution in [0, 0.1) is 17.8 Å². The second-order valence-corrected chi connectivity index (χ2v) is 18.1. The van der Waals surface area contributed by atoms with Crippen molar-refractivity contribution in [3.63, 3.8) is 0 Å². The number of aromatic nitrogens is 2. The molecule has 328 valence electrons. The minimum Gasteiger partial charge on any atom is -0.457 e. The molecule has 4 N–H and O–H groups in total. The Bertz CT molecular complexity index is 1840. The number of thiazole rings is 1. The molecule has 3 aliphatic heterocycles. The number of oxime groups is 1. The molecule has 5 rings (SSSR count). The zero-order chi connectivity index (χ0) is 43.6. The summed E-state index contributed by atoms with van der Waals surface area (Å²) < 4.78 is 48.1. The van der Waals surface area contributed by atoms with Crippen molar-refractivity contribution in [2.24, 2.45) is 22.9 Å². The zero-order valence-corrected chi connectivity index (χ0v) is 36.4. The number of cyclic esters (lactones) is 1. The highest BCUT2D eigenvalue weighted by Crippen LogP contribution is 2.40. The summed E-state index contributed by atoms with van der Waals surface area (Å²) in [6.07, 6.45) is -5.05. The van der Waals surface area contributed by atoms with Gasteiger partial charge in [0, 0.05) is 30.0 Å². The van der Waals surface area contributed by atoms with Crippen LogP contribution in [0.4, 0.5) is 10.2 Å². The predicted octanol–water partition coefficient (Wildman–Crippen LogP) is 3.90. The van der Waals surface area contributed by atoms with E-state index in [2.05, 4.69) is 15.1 Å². The average molecular weight is 850 g/mol. The van der Waals surface area contributed by atoms with E-state index < -0.39 is 83.1 Å². The summed E-state index contributed by atoms with van der Waals surface area (Å²) in [6, 6.07) is 4.84. The van der Waals surface area contributed by atoms with Gasteiger partial charge in [-0.15, -0.1) is 11.3 Å². The SMILES string of the molecule is CC[C@H]1OC(=O)[C@@](C)(F)C(=O)[C@H](C)[C@@H](O[C@@H]2O[C@H](C)C[C@H](N(C)C)[C@H]2O)[C@@]2(C)CC(C)C(=O)[C@H](C)[C@H](OC/C(=N\OCc3cnc(-c4cccc(N)n4)s3)CO2)[C@]1(C)O. The normalized spacial score (nSPS) is 38.7. The third-order valence-electron chi connectivity index (χ3n) is 11.8. The number of ketones is 2. The number of alkyl halides is 1. The molecule has 18 heteroatoms. The first-order valence-electron chi connectivity index (χ1n) is 20.1. The zero-order valence-electron chi connectivity index (χ0n) is 35.5. The van der Waals surface area contributed by atoms with E-state index in [9.17, 15) is 24.6 Å². The molecular weight excluding hydrogens is 790 g/mol. The maximum absolute atomic E-state index is 16.8. The number of ether oxygens (including phenoxy) is 5. The van der Waals surface area contributed by atoms with Gasteiger partial charge in [-0.2, -0.15) is 0 Å². The van der Waals surface area contributed by atoms with Gasteiger partial charge in [0.05, 0.1) is 42.0 Å². The number of nitrogen functional groups attached to an aromatic ring is 1. The smallest absolute Gasteiger partial charge is 0.351 e. The lowest BCUT2D eigenvalue weighted by Crippen LogP contribution is -2.61. The van der Waals surface area contributed by atoms with Crippen molar-refractivity contribution < 1.29 is 57.5 Å². The third kappa shape index (κ3) is 10.2. The number of Topliss-reactive ketones (excluding diaryl/α,β-unsaturated/α-hetero) is 2. The molecule has 5 heterocycles. The molecule has 0 aliphatic carbocycles. The highest BCUT2D eigenvalue weighted by molar-refractivity contribution is 7.14. The van der Waals surface area contributed by atoms with Gasteiger partial charge < -0.3 is 49.4 Å². The number of anilines is 1. The number of likely N-dealkylation sites (N-methyl/N-ethyl adjacent to an activating group) is 1. The van der Waals surface area contributed by atoms with E-state index in [1.807, 2.05) is 25.9 Å². The fraction of sp³-hybridized carbons (Fsp3) is 0.707. The quantitative estimate of drug-likeness (QED) is 0.195. The summed E-state index contributed by atoms with van der Waals surface area (Å²) in [6.45, 7) is 11.3. The monoisotopic (exact) mass is 849 g/mol. The number of esters is 1. The van der Waals surface area contributed by atoms with Crippen LogP contribution in [0.3, 0.4) is 0 Å². The number of hydrogen-bond donors (Lipinski definition) is 3. The molecule has 0 amide bonds. The van der Waals surface area contributed by atoms with E-state index in [4.69, 9.17) is 34.3 Å². The minimum atomic E-state index is -3.22. The minimum absolute atomic E-state index is 0.00380. The number of carbonyl (C=O) groups is 3. The van der Waals surface area contributed by atoms with Crippen molar-refractivity contribution in [3.05, 3.63) is 29.3 Å². The number of pyridine rings is 1. The molecule has 0 aromatic carbocycles. The number of nitrogens with zero attached hydrogens (tertiary/aromatic N) is 4. The van der Waals surface area contributed by atoms with Crippen molar-refractivity contribution in [3.8, 4) is 10.7 Å². The van der Waals surface area contributed by atoms with Crippen LogP contribution >= 0.6 is 11.3 Å². The van der Waals surface area contributed by atoms with Crippen LogP contribution in [-0.2, 0) is 49.5 Å². The number of carbonyl (C=O) groups excluding carboxylic acids is 3. The molecule has 2 aromatic rings. The second-order valence-electron chi connectivity index (χ2n) is 17.0. The van der Waals surface area contributed by atoms with Crippen molar-refractivity contribution >= 4 is 40.4 Å². The van der Waals surface area contributed by atoms with Crippen LogP contribution in [0.15, 0.2) is 29.6 Å². The van der Waals surface area contributed by atoms with E-state index in [0.29, 0.717) is 27.8 Å². The van der Waals surface area contributed by atoms with Gasteiger partial charge in [-0.1, -0.05) is 38.9 Å². The van der Waals surface area contributed by atoms with Gasteiger partial charge in [0.25, 0.3) is 5.67 Å². The lowest BCUT2D eigenvalue weighted by molar-refractivity contribution is -0.296. The highest BCUT2D eigenvalue weighted by atomic mass is 32.1. The summed E-state index contributed by atoms with van der Waals surface area (Å²) in [4.78, 5) is 59.5. The van der Waals surface area contributed by atoms with E-state index >= 15 is 4.39 Å². The number of fused-ring (bicyclic) bond motifs is 5. The Balaban J connectivity index is 1.60. The Hall–Kier alpha value is -3.49. The number of halogens is 1. The number of nitrogens with two attached hydrogens (primary N) is 1. The Morgan fingerprint density at radius 3 is 2.47 bits per heavy atom. The third-order valence-corrected chi connectivity index (χ3v) is 12.8. The summed E-state index contributed by atoms with van der Waals surface area (Å²) in [5.74, 6) is -5.94. The van der Waals surface area contributed by atoms with E-state index in [1.54, 1.807) is 52.1 Å².